The zero-order valence-electron chi connectivity index (χ0n) is 9.40. The molecule has 0 aliphatic heterocycles. The van der Waals surface area contributed by atoms with Crippen molar-refractivity contribution in [1.82, 2.24) is 4.98 Å². The minimum absolute atomic E-state index is 0.184. The predicted molar refractivity (Wildman–Crippen MR) is 69.7 cm³/mol. The Morgan fingerprint density at radius 3 is 2.75 bits per heavy atom. The molecule has 1 heterocycles. The summed E-state index contributed by atoms with van der Waals surface area (Å²) in [5.74, 6) is 0. The highest BCUT2D eigenvalue weighted by atomic mass is 32.1. The first-order valence-corrected chi connectivity index (χ1v) is 6.02. The molecule has 0 amide bonds. The van der Waals surface area contributed by atoms with Gasteiger partial charge in [-0.05, 0) is 26.0 Å². The summed E-state index contributed by atoms with van der Waals surface area (Å²) < 4.78 is 0. The zero-order chi connectivity index (χ0) is 11.5. The molecule has 4 heteroatoms. The van der Waals surface area contributed by atoms with Crippen LogP contribution in [0.4, 0.5) is 11.4 Å². The van der Waals surface area contributed by atoms with Gasteiger partial charge in [-0.15, -0.1) is 11.3 Å². The van der Waals surface area contributed by atoms with Crippen molar-refractivity contribution in [3.05, 3.63) is 40.3 Å². The minimum Gasteiger partial charge on any atom is -0.397 e. The molecule has 1 aromatic carbocycles. The van der Waals surface area contributed by atoms with E-state index in [1.165, 1.54) is 4.88 Å². The van der Waals surface area contributed by atoms with Crippen molar-refractivity contribution in [1.29, 1.82) is 0 Å². The van der Waals surface area contributed by atoms with E-state index in [-0.39, 0.29) is 6.04 Å². The average Bonchev–Trinajstić information content (AvgIpc) is 2.68. The molecular weight excluding hydrogens is 218 g/mol. The maximum absolute atomic E-state index is 5.87. The summed E-state index contributed by atoms with van der Waals surface area (Å²) in [7, 11) is 0. The number of aromatic nitrogens is 1. The molecule has 0 bridgehead atoms. The number of nitrogens with two attached hydrogens (primary N) is 1. The highest BCUT2D eigenvalue weighted by Crippen LogP contribution is 2.25. The van der Waals surface area contributed by atoms with Gasteiger partial charge < -0.3 is 11.1 Å². The third-order valence-electron chi connectivity index (χ3n) is 2.34. The van der Waals surface area contributed by atoms with Crippen LogP contribution < -0.4 is 11.1 Å². The molecule has 1 unspecified atom stereocenters. The molecule has 1 atom stereocenters. The highest BCUT2D eigenvalue weighted by molar-refractivity contribution is 7.11. The van der Waals surface area contributed by atoms with Crippen LogP contribution in [0.15, 0.2) is 30.5 Å². The largest absolute Gasteiger partial charge is 0.397 e. The van der Waals surface area contributed by atoms with Crippen molar-refractivity contribution in [2.45, 2.75) is 19.9 Å². The van der Waals surface area contributed by atoms with E-state index in [1.807, 2.05) is 30.5 Å². The number of benzene rings is 1. The first kappa shape index (κ1) is 11.0. The smallest absolute Gasteiger partial charge is 0.115 e. The summed E-state index contributed by atoms with van der Waals surface area (Å²) in [5, 5.41) is 4.45. The topological polar surface area (TPSA) is 50.9 Å². The molecular formula is C12H15N3S. The Kier molecular flexibility index (Phi) is 3.10. The number of nitrogens with zero attached hydrogens (tertiary/aromatic N) is 1. The van der Waals surface area contributed by atoms with Crippen LogP contribution in [0.5, 0.6) is 0 Å². The van der Waals surface area contributed by atoms with Gasteiger partial charge in [-0.25, -0.2) is 4.98 Å². The molecule has 3 nitrogen and oxygen atoms in total. The van der Waals surface area contributed by atoms with Crippen molar-refractivity contribution in [3.63, 3.8) is 0 Å². The first-order valence-electron chi connectivity index (χ1n) is 5.20. The van der Waals surface area contributed by atoms with Crippen LogP contribution in [0, 0.1) is 6.92 Å². The van der Waals surface area contributed by atoms with Crippen molar-refractivity contribution in [2.24, 2.45) is 0 Å². The Labute approximate surface area is 99.3 Å². The summed E-state index contributed by atoms with van der Waals surface area (Å²) in [6.45, 7) is 4.15. The molecule has 84 valence electrons. The number of para-hydroxylation sites is 2. The van der Waals surface area contributed by atoms with Gasteiger partial charge in [-0.1, -0.05) is 12.1 Å². The SMILES string of the molecule is Cc1cnc(C(C)Nc2ccccc2N)s1. The molecule has 16 heavy (non-hydrogen) atoms. The van der Waals surface area contributed by atoms with Gasteiger partial charge in [0.1, 0.15) is 5.01 Å². The van der Waals surface area contributed by atoms with Crippen molar-refractivity contribution in [2.75, 3.05) is 11.1 Å². The van der Waals surface area contributed by atoms with Gasteiger partial charge in [-0.2, -0.15) is 0 Å². The summed E-state index contributed by atoms with van der Waals surface area (Å²) in [5.41, 5.74) is 7.60. The van der Waals surface area contributed by atoms with Crippen LogP contribution in [-0.4, -0.2) is 4.98 Å². The average molecular weight is 233 g/mol. The number of hydrogen-bond donors (Lipinski definition) is 2. The summed E-state index contributed by atoms with van der Waals surface area (Å²) >= 11 is 1.71. The molecule has 0 spiro atoms. The molecule has 0 fully saturated rings. The Morgan fingerprint density at radius 2 is 2.12 bits per heavy atom. The van der Waals surface area contributed by atoms with Crippen LogP contribution in [0.3, 0.4) is 0 Å². The standard InChI is InChI=1S/C12H15N3S/c1-8-7-14-12(16-8)9(2)15-11-6-4-3-5-10(11)13/h3-7,9,15H,13H2,1-2H3. The van der Waals surface area contributed by atoms with Crippen molar-refractivity contribution in [3.8, 4) is 0 Å². The fourth-order valence-electron chi connectivity index (χ4n) is 1.50. The van der Waals surface area contributed by atoms with E-state index in [2.05, 4.69) is 24.1 Å². The number of nitrogen functional groups attached to an aromatic ring is 1. The maximum Gasteiger partial charge on any atom is 0.115 e. The Hall–Kier alpha value is -1.55. The van der Waals surface area contributed by atoms with E-state index in [9.17, 15) is 0 Å². The van der Waals surface area contributed by atoms with E-state index in [0.29, 0.717) is 0 Å². The number of thiazole rings is 1. The van der Waals surface area contributed by atoms with Gasteiger partial charge in [0.05, 0.1) is 17.4 Å². The summed E-state index contributed by atoms with van der Waals surface area (Å²) in [6.07, 6.45) is 1.90. The van der Waals surface area contributed by atoms with E-state index in [0.717, 1.165) is 16.4 Å². The minimum atomic E-state index is 0.184. The van der Waals surface area contributed by atoms with Crippen molar-refractivity contribution < 1.29 is 0 Å². The lowest BCUT2D eigenvalue weighted by Crippen LogP contribution is -2.07. The first-order chi connectivity index (χ1) is 7.66. The predicted octanol–water partition coefficient (Wildman–Crippen LogP) is 3.21. The number of aryl methyl sites for hydroxylation is 1. The lowest BCUT2D eigenvalue weighted by molar-refractivity contribution is 0.870. The molecule has 1 aromatic heterocycles. The Balaban J connectivity index is 2.13. The van der Waals surface area contributed by atoms with E-state index in [1.54, 1.807) is 11.3 Å². The normalized spacial score (nSPS) is 12.4. The quantitative estimate of drug-likeness (QED) is 0.800. The van der Waals surface area contributed by atoms with Gasteiger partial charge in [0.2, 0.25) is 0 Å². The fraction of sp³-hybridized carbons (Fsp3) is 0.250. The molecule has 0 saturated carbocycles. The van der Waals surface area contributed by atoms with E-state index >= 15 is 0 Å². The lowest BCUT2D eigenvalue weighted by atomic mass is 10.2. The third-order valence-corrected chi connectivity index (χ3v) is 3.44. The third kappa shape index (κ3) is 2.33. The summed E-state index contributed by atoms with van der Waals surface area (Å²) in [4.78, 5) is 5.58. The van der Waals surface area contributed by atoms with Gasteiger partial charge in [-0.3, -0.25) is 0 Å². The van der Waals surface area contributed by atoms with Gasteiger partial charge in [0, 0.05) is 11.1 Å². The fourth-order valence-corrected chi connectivity index (χ4v) is 2.27. The molecule has 3 N–H and O–H groups in total. The number of anilines is 2. The molecule has 2 aromatic rings. The number of rotatable bonds is 3. The Morgan fingerprint density at radius 1 is 1.38 bits per heavy atom. The van der Waals surface area contributed by atoms with Gasteiger partial charge in [0.25, 0.3) is 0 Å². The highest BCUT2D eigenvalue weighted by Gasteiger charge is 2.09. The zero-order valence-corrected chi connectivity index (χ0v) is 10.2. The van der Waals surface area contributed by atoms with E-state index < -0.39 is 0 Å². The van der Waals surface area contributed by atoms with Crippen LogP contribution in [0.25, 0.3) is 0 Å². The lowest BCUT2D eigenvalue weighted by Gasteiger charge is -2.14. The Bertz CT molecular complexity index is 479. The molecule has 0 saturated heterocycles. The van der Waals surface area contributed by atoms with Crippen LogP contribution in [0.1, 0.15) is 22.9 Å². The monoisotopic (exact) mass is 233 g/mol. The maximum atomic E-state index is 5.87. The van der Waals surface area contributed by atoms with Crippen LogP contribution >= 0.6 is 11.3 Å². The second-order valence-electron chi connectivity index (χ2n) is 3.76. The van der Waals surface area contributed by atoms with Gasteiger partial charge >= 0.3 is 0 Å². The molecule has 0 aliphatic rings. The molecule has 0 radical (unpaired) electrons. The second kappa shape index (κ2) is 4.53. The number of hydrogen-bond acceptors (Lipinski definition) is 4. The number of nitrogens with one attached hydrogen (secondary N) is 1. The van der Waals surface area contributed by atoms with Crippen LogP contribution in [0.2, 0.25) is 0 Å². The summed E-state index contributed by atoms with van der Waals surface area (Å²) in [6, 6.07) is 7.95. The molecule has 2 rings (SSSR count). The van der Waals surface area contributed by atoms with Crippen LogP contribution in [-0.2, 0) is 0 Å². The van der Waals surface area contributed by atoms with E-state index in [4.69, 9.17) is 5.73 Å². The van der Waals surface area contributed by atoms with Gasteiger partial charge in [0.15, 0.2) is 0 Å². The second-order valence-corrected chi connectivity index (χ2v) is 5.03. The van der Waals surface area contributed by atoms with Crippen molar-refractivity contribution >= 4 is 22.7 Å². The molecule has 0 aliphatic carbocycles.